The van der Waals surface area contributed by atoms with E-state index in [1.165, 1.54) is 4.90 Å². The van der Waals surface area contributed by atoms with E-state index in [2.05, 4.69) is 5.32 Å². The van der Waals surface area contributed by atoms with Gasteiger partial charge in [0.05, 0.1) is 17.2 Å². The van der Waals surface area contributed by atoms with Gasteiger partial charge in [-0.3, -0.25) is 13.9 Å². The largest absolute Gasteiger partial charge is 0.494 e. The molecule has 40 heavy (non-hydrogen) atoms. The average molecular weight is 570 g/mol. The van der Waals surface area contributed by atoms with Crippen molar-refractivity contribution in [3.63, 3.8) is 0 Å². The highest BCUT2D eigenvalue weighted by molar-refractivity contribution is 7.92. The van der Waals surface area contributed by atoms with E-state index in [9.17, 15) is 22.4 Å². The van der Waals surface area contributed by atoms with Crippen molar-refractivity contribution in [3.05, 3.63) is 90.2 Å². The van der Waals surface area contributed by atoms with Crippen LogP contribution in [0.2, 0.25) is 0 Å². The first-order valence-electron chi connectivity index (χ1n) is 13.3. The molecule has 0 aliphatic carbocycles. The fraction of sp³-hybridized carbons (Fsp3) is 0.333. The lowest BCUT2D eigenvalue weighted by Crippen LogP contribution is -2.52. The van der Waals surface area contributed by atoms with Gasteiger partial charge in [-0.2, -0.15) is 0 Å². The number of rotatable bonds is 14. The van der Waals surface area contributed by atoms with Crippen molar-refractivity contribution in [2.24, 2.45) is 0 Å². The minimum Gasteiger partial charge on any atom is -0.494 e. The van der Waals surface area contributed by atoms with Gasteiger partial charge in [-0.15, -0.1) is 0 Å². The minimum absolute atomic E-state index is 0.167. The van der Waals surface area contributed by atoms with E-state index in [1.807, 2.05) is 44.2 Å². The summed E-state index contributed by atoms with van der Waals surface area (Å²) in [6.07, 6.45) is 1.21. The van der Waals surface area contributed by atoms with Crippen LogP contribution in [0.15, 0.2) is 83.8 Å². The molecular formula is C30H36FN3O5S. The first-order valence-corrected chi connectivity index (χ1v) is 14.7. The van der Waals surface area contributed by atoms with E-state index in [4.69, 9.17) is 4.74 Å². The number of hydrogen-bond donors (Lipinski definition) is 1. The van der Waals surface area contributed by atoms with Crippen LogP contribution >= 0.6 is 0 Å². The van der Waals surface area contributed by atoms with Gasteiger partial charge < -0.3 is 15.0 Å². The second-order valence-electron chi connectivity index (χ2n) is 9.18. The van der Waals surface area contributed by atoms with Crippen LogP contribution in [0.3, 0.4) is 0 Å². The topological polar surface area (TPSA) is 96.0 Å². The first kappa shape index (κ1) is 30.6. The molecule has 0 aromatic heterocycles. The third-order valence-electron chi connectivity index (χ3n) is 6.32. The average Bonchev–Trinajstić information content (AvgIpc) is 2.96. The molecule has 0 saturated carbocycles. The highest BCUT2D eigenvalue weighted by atomic mass is 32.2. The zero-order valence-corrected chi connectivity index (χ0v) is 23.9. The molecule has 0 spiro atoms. The van der Waals surface area contributed by atoms with Gasteiger partial charge in [0.15, 0.2) is 0 Å². The molecule has 1 unspecified atom stereocenters. The summed E-state index contributed by atoms with van der Waals surface area (Å²) in [5.41, 5.74) is 1.20. The SMILES string of the molecule is CCCNC(=O)C(C)N(CCc1ccccc1)C(=O)CN(c1ccc(OCC)cc1)S(=O)(=O)c1ccc(F)cc1. The molecule has 3 aromatic rings. The highest BCUT2D eigenvalue weighted by Gasteiger charge is 2.32. The van der Waals surface area contributed by atoms with Crippen LogP contribution in [-0.4, -0.2) is 57.4 Å². The number of ether oxygens (including phenoxy) is 1. The molecular weight excluding hydrogens is 533 g/mol. The summed E-state index contributed by atoms with van der Waals surface area (Å²) in [5.74, 6) is -0.906. The Morgan fingerprint density at radius 2 is 1.60 bits per heavy atom. The van der Waals surface area contributed by atoms with Crippen molar-refractivity contribution in [1.82, 2.24) is 10.2 Å². The van der Waals surface area contributed by atoms with Crippen LogP contribution < -0.4 is 14.4 Å². The molecule has 1 N–H and O–H groups in total. The zero-order valence-electron chi connectivity index (χ0n) is 23.0. The number of amides is 2. The quantitative estimate of drug-likeness (QED) is 0.310. The molecule has 0 radical (unpaired) electrons. The Balaban J connectivity index is 1.97. The summed E-state index contributed by atoms with van der Waals surface area (Å²) in [6.45, 7) is 5.93. The molecule has 0 fully saturated rings. The van der Waals surface area contributed by atoms with E-state index in [0.717, 1.165) is 40.6 Å². The molecule has 214 valence electrons. The molecule has 3 rings (SSSR count). The van der Waals surface area contributed by atoms with Crippen LogP contribution in [-0.2, 0) is 26.0 Å². The lowest BCUT2D eigenvalue weighted by molar-refractivity contribution is -0.138. The third kappa shape index (κ3) is 8.05. The number of anilines is 1. The smallest absolute Gasteiger partial charge is 0.264 e. The summed E-state index contributed by atoms with van der Waals surface area (Å²) in [7, 11) is -4.27. The van der Waals surface area contributed by atoms with Gasteiger partial charge in [-0.25, -0.2) is 12.8 Å². The summed E-state index contributed by atoms with van der Waals surface area (Å²) in [5, 5.41) is 2.82. The van der Waals surface area contributed by atoms with Crippen LogP contribution in [0.25, 0.3) is 0 Å². The van der Waals surface area contributed by atoms with Gasteiger partial charge in [-0.05, 0) is 80.8 Å². The fourth-order valence-corrected chi connectivity index (χ4v) is 5.52. The van der Waals surface area contributed by atoms with Crippen LogP contribution in [0, 0.1) is 5.82 Å². The lowest BCUT2D eigenvalue weighted by Gasteiger charge is -2.32. The zero-order chi connectivity index (χ0) is 29.1. The monoisotopic (exact) mass is 569 g/mol. The van der Waals surface area contributed by atoms with Crippen molar-refractivity contribution >= 4 is 27.5 Å². The highest BCUT2D eigenvalue weighted by Crippen LogP contribution is 2.26. The van der Waals surface area contributed by atoms with E-state index in [1.54, 1.807) is 31.2 Å². The number of halogens is 1. The van der Waals surface area contributed by atoms with Crippen LogP contribution in [0.5, 0.6) is 5.75 Å². The maximum atomic E-state index is 13.8. The normalized spacial score (nSPS) is 11.9. The Bertz CT molecular complexity index is 1350. The Labute approximate surface area is 235 Å². The number of carbonyl (C=O) groups is 2. The maximum absolute atomic E-state index is 13.8. The predicted octanol–water partition coefficient (Wildman–Crippen LogP) is 4.41. The van der Waals surface area contributed by atoms with Crippen molar-refractivity contribution in [3.8, 4) is 5.75 Å². The molecule has 0 aliphatic rings. The predicted molar refractivity (Wildman–Crippen MR) is 153 cm³/mol. The molecule has 0 heterocycles. The summed E-state index contributed by atoms with van der Waals surface area (Å²) >= 11 is 0. The van der Waals surface area contributed by atoms with Gasteiger partial charge in [-0.1, -0.05) is 37.3 Å². The van der Waals surface area contributed by atoms with E-state index in [-0.39, 0.29) is 23.0 Å². The number of benzene rings is 3. The molecule has 0 bridgehead atoms. The van der Waals surface area contributed by atoms with Gasteiger partial charge in [0, 0.05) is 13.1 Å². The number of nitrogens with zero attached hydrogens (tertiary/aromatic N) is 2. The van der Waals surface area contributed by atoms with Gasteiger partial charge in [0.2, 0.25) is 11.8 Å². The van der Waals surface area contributed by atoms with Gasteiger partial charge in [0.25, 0.3) is 10.0 Å². The van der Waals surface area contributed by atoms with Crippen LogP contribution in [0.1, 0.15) is 32.8 Å². The molecule has 2 amide bonds. The molecule has 0 aliphatic heterocycles. The molecule has 3 aromatic carbocycles. The molecule has 10 heteroatoms. The van der Waals surface area contributed by atoms with Crippen molar-refractivity contribution in [1.29, 1.82) is 0 Å². The molecule has 0 saturated heterocycles. The second kappa shape index (κ2) is 14.5. The van der Waals surface area contributed by atoms with Crippen molar-refractivity contribution in [2.75, 3.05) is 30.5 Å². The summed E-state index contributed by atoms with van der Waals surface area (Å²) in [6, 6.07) is 19.4. The van der Waals surface area contributed by atoms with Gasteiger partial charge >= 0.3 is 0 Å². The Morgan fingerprint density at radius 3 is 2.20 bits per heavy atom. The van der Waals surface area contributed by atoms with Crippen LogP contribution in [0.4, 0.5) is 10.1 Å². The van der Waals surface area contributed by atoms with E-state index in [0.29, 0.717) is 25.3 Å². The summed E-state index contributed by atoms with van der Waals surface area (Å²) in [4.78, 5) is 27.9. The Kier molecular flexibility index (Phi) is 11.1. The first-order chi connectivity index (χ1) is 19.2. The number of hydrogen-bond acceptors (Lipinski definition) is 5. The Morgan fingerprint density at radius 1 is 0.950 bits per heavy atom. The van der Waals surface area contributed by atoms with Crippen molar-refractivity contribution < 1.29 is 27.1 Å². The number of nitrogens with one attached hydrogen (secondary N) is 1. The second-order valence-corrected chi connectivity index (χ2v) is 11.0. The van der Waals surface area contributed by atoms with E-state index < -0.39 is 34.3 Å². The van der Waals surface area contributed by atoms with Gasteiger partial charge in [0.1, 0.15) is 24.2 Å². The Hall–Kier alpha value is -3.92. The van der Waals surface area contributed by atoms with Crippen molar-refractivity contribution in [2.45, 2.75) is 44.6 Å². The summed E-state index contributed by atoms with van der Waals surface area (Å²) < 4.78 is 47.6. The molecule has 8 nitrogen and oxygen atoms in total. The third-order valence-corrected chi connectivity index (χ3v) is 8.11. The standard InChI is InChI=1S/C30H36FN3O5S/c1-4-20-32-30(36)23(3)33(21-19-24-9-7-6-8-10-24)29(35)22-34(26-13-15-27(16-14-26)39-5-2)40(37,38)28-17-11-25(31)12-18-28/h6-18,23H,4-5,19-22H2,1-3H3,(H,32,36). The number of carbonyl (C=O) groups excluding carboxylic acids is 2. The lowest BCUT2D eigenvalue weighted by atomic mass is 10.1. The molecule has 1 atom stereocenters. The fourth-order valence-electron chi connectivity index (χ4n) is 4.10. The minimum atomic E-state index is -4.27. The maximum Gasteiger partial charge on any atom is 0.264 e. The van der Waals surface area contributed by atoms with E-state index >= 15 is 0 Å². The number of sulfonamides is 1.